The summed E-state index contributed by atoms with van der Waals surface area (Å²) in [6.07, 6.45) is 6.56. The molecular weight excluding hydrogens is 353 g/mol. The lowest BCUT2D eigenvalue weighted by molar-refractivity contribution is -0.127. The summed E-state index contributed by atoms with van der Waals surface area (Å²) in [4.78, 5) is 14.3. The van der Waals surface area contributed by atoms with Crippen molar-refractivity contribution in [3.63, 3.8) is 0 Å². The highest BCUT2D eigenvalue weighted by Gasteiger charge is 2.21. The van der Waals surface area contributed by atoms with E-state index in [4.69, 9.17) is 23.2 Å². The highest BCUT2D eigenvalue weighted by Crippen LogP contribution is 2.24. The van der Waals surface area contributed by atoms with E-state index in [1.54, 1.807) is 24.3 Å². The van der Waals surface area contributed by atoms with Crippen LogP contribution >= 0.6 is 23.2 Å². The molecule has 2 aromatic carbocycles. The third-order valence-electron chi connectivity index (χ3n) is 4.66. The van der Waals surface area contributed by atoms with Crippen LogP contribution in [0.15, 0.2) is 54.6 Å². The largest absolute Gasteiger partial charge is 0.339 e. The third kappa shape index (κ3) is 5.10. The number of amides is 1. The van der Waals surface area contributed by atoms with Crippen LogP contribution in [-0.2, 0) is 11.2 Å². The predicted molar refractivity (Wildman–Crippen MR) is 105 cm³/mol. The Morgan fingerprint density at radius 2 is 1.80 bits per heavy atom. The molecule has 0 saturated carbocycles. The van der Waals surface area contributed by atoms with E-state index in [0.29, 0.717) is 16.0 Å². The normalized spacial score (nSPS) is 15.7. The zero-order valence-corrected chi connectivity index (χ0v) is 15.5. The van der Waals surface area contributed by atoms with Crippen LogP contribution in [0.25, 0.3) is 6.08 Å². The van der Waals surface area contributed by atoms with E-state index in [9.17, 15) is 4.79 Å². The van der Waals surface area contributed by atoms with Crippen molar-refractivity contribution >= 4 is 35.2 Å². The molecule has 130 valence electrons. The molecule has 1 aliphatic rings. The molecule has 1 saturated heterocycles. The third-order valence-corrected chi connectivity index (χ3v) is 5.22. The predicted octanol–water partition coefficient (Wildman–Crippen LogP) is 5.49. The van der Waals surface area contributed by atoms with Gasteiger partial charge in [-0.1, -0.05) is 59.6 Å². The molecule has 0 atom stereocenters. The van der Waals surface area contributed by atoms with Crippen LogP contribution in [0.3, 0.4) is 0 Å². The molecule has 1 aliphatic heterocycles. The molecule has 1 heterocycles. The Morgan fingerprint density at radius 1 is 1.08 bits per heavy atom. The molecule has 2 nitrogen and oxygen atoms in total. The van der Waals surface area contributed by atoms with Crippen LogP contribution in [0.2, 0.25) is 10.0 Å². The van der Waals surface area contributed by atoms with Crippen molar-refractivity contribution in [2.75, 3.05) is 13.1 Å². The lowest BCUT2D eigenvalue weighted by Gasteiger charge is -2.31. The number of hydrogen-bond acceptors (Lipinski definition) is 1. The number of rotatable bonds is 4. The van der Waals surface area contributed by atoms with Gasteiger partial charge in [-0.05, 0) is 54.5 Å². The molecule has 3 rings (SSSR count). The van der Waals surface area contributed by atoms with E-state index in [2.05, 4.69) is 24.3 Å². The van der Waals surface area contributed by atoms with Crippen molar-refractivity contribution in [2.24, 2.45) is 5.92 Å². The monoisotopic (exact) mass is 373 g/mol. The first-order chi connectivity index (χ1) is 12.1. The minimum absolute atomic E-state index is 0.0455. The van der Waals surface area contributed by atoms with E-state index in [-0.39, 0.29) is 5.91 Å². The zero-order valence-electron chi connectivity index (χ0n) is 14.0. The van der Waals surface area contributed by atoms with Gasteiger partial charge >= 0.3 is 0 Å². The number of carbonyl (C=O) groups is 1. The zero-order chi connectivity index (χ0) is 17.6. The molecule has 0 N–H and O–H groups in total. The summed E-state index contributed by atoms with van der Waals surface area (Å²) in [5.41, 5.74) is 2.18. The molecule has 0 radical (unpaired) electrons. The summed E-state index contributed by atoms with van der Waals surface area (Å²) in [5.74, 6) is 0.699. The first kappa shape index (κ1) is 18.0. The summed E-state index contributed by atoms with van der Waals surface area (Å²) >= 11 is 12.0. The van der Waals surface area contributed by atoms with Crippen LogP contribution < -0.4 is 0 Å². The summed E-state index contributed by atoms with van der Waals surface area (Å²) < 4.78 is 0. The smallest absolute Gasteiger partial charge is 0.246 e. The SMILES string of the molecule is O=C(C=Cc1ccc(Cl)cc1Cl)N1CCC(Cc2ccccc2)CC1. The molecule has 1 amide bonds. The lowest BCUT2D eigenvalue weighted by atomic mass is 9.90. The molecule has 1 fully saturated rings. The Hall–Kier alpha value is -1.77. The molecule has 0 spiro atoms. The molecule has 2 aromatic rings. The van der Waals surface area contributed by atoms with Gasteiger partial charge in [0.15, 0.2) is 0 Å². The van der Waals surface area contributed by atoms with Crippen molar-refractivity contribution in [1.29, 1.82) is 0 Å². The molecule has 0 unspecified atom stereocenters. The molecule has 25 heavy (non-hydrogen) atoms. The van der Waals surface area contributed by atoms with Crippen molar-refractivity contribution in [1.82, 2.24) is 4.90 Å². The lowest BCUT2D eigenvalue weighted by Crippen LogP contribution is -2.37. The Morgan fingerprint density at radius 3 is 2.48 bits per heavy atom. The van der Waals surface area contributed by atoms with Crippen LogP contribution in [0, 0.1) is 5.92 Å². The fourth-order valence-corrected chi connectivity index (χ4v) is 3.68. The number of hydrogen-bond donors (Lipinski definition) is 0. The quantitative estimate of drug-likeness (QED) is 0.649. The van der Waals surface area contributed by atoms with Crippen LogP contribution in [0.4, 0.5) is 0 Å². The maximum Gasteiger partial charge on any atom is 0.246 e. The van der Waals surface area contributed by atoms with Crippen molar-refractivity contribution in [3.8, 4) is 0 Å². The van der Waals surface area contributed by atoms with Gasteiger partial charge in [-0.2, -0.15) is 0 Å². The molecule has 0 aromatic heterocycles. The van der Waals surface area contributed by atoms with Crippen molar-refractivity contribution in [2.45, 2.75) is 19.3 Å². The number of likely N-dealkylation sites (tertiary alicyclic amines) is 1. The number of piperidine rings is 1. The number of halogens is 2. The van der Waals surface area contributed by atoms with Gasteiger partial charge in [0.1, 0.15) is 0 Å². The Labute approximate surface area is 159 Å². The number of carbonyl (C=O) groups excluding carboxylic acids is 1. The van der Waals surface area contributed by atoms with Crippen LogP contribution in [0.5, 0.6) is 0 Å². The standard InChI is InChI=1S/C21H21Cl2NO/c22-19-8-6-18(20(23)15-19)7-9-21(25)24-12-10-17(11-13-24)14-16-4-2-1-3-5-16/h1-9,15,17H,10-14H2. The molecule has 4 heteroatoms. The number of nitrogens with zero attached hydrogens (tertiary/aromatic N) is 1. The van der Waals surface area contributed by atoms with Crippen LogP contribution in [-0.4, -0.2) is 23.9 Å². The average molecular weight is 374 g/mol. The highest BCUT2D eigenvalue weighted by molar-refractivity contribution is 6.35. The van der Waals surface area contributed by atoms with Crippen molar-refractivity contribution < 1.29 is 4.79 Å². The minimum Gasteiger partial charge on any atom is -0.339 e. The molecule has 0 bridgehead atoms. The van der Waals surface area contributed by atoms with Gasteiger partial charge in [0.05, 0.1) is 0 Å². The summed E-state index contributed by atoms with van der Waals surface area (Å²) in [6.45, 7) is 1.63. The van der Waals surface area contributed by atoms with Gasteiger partial charge in [-0.15, -0.1) is 0 Å². The second kappa shape index (κ2) is 8.55. The van der Waals surface area contributed by atoms with Gasteiger partial charge in [0, 0.05) is 29.2 Å². The molecule has 0 aliphatic carbocycles. The highest BCUT2D eigenvalue weighted by atomic mass is 35.5. The topological polar surface area (TPSA) is 20.3 Å². The second-order valence-electron chi connectivity index (χ2n) is 6.46. The number of benzene rings is 2. The Bertz CT molecular complexity index is 750. The Kier molecular flexibility index (Phi) is 6.17. The first-order valence-electron chi connectivity index (χ1n) is 8.58. The van der Waals surface area contributed by atoms with Gasteiger partial charge in [-0.25, -0.2) is 0 Å². The average Bonchev–Trinajstić information content (AvgIpc) is 2.62. The van der Waals surface area contributed by atoms with Gasteiger partial charge in [-0.3, -0.25) is 4.79 Å². The van der Waals surface area contributed by atoms with E-state index in [0.717, 1.165) is 37.9 Å². The fourth-order valence-electron chi connectivity index (χ4n) is 3.21. The van der Waals surface area contributed by atoms with E-state index in [1.165, 1.54) is 5.56 Å². The Balaban J connectivity index is 1.52. The minimum atomic E-state index is 0.0455. The fraction of sp³-hybridized carbons (Fsp3) is 0.286. The second-order valence-corrected chi connectivity index (χ2v) is 7.30. The van der Waals surface area contributed by atoms with E-state index < -0.39 is 0 Å². The van der Waals surface area contributed by atoms with E-state index >= 15 is 0 Å². The van der Waals surface area contributed by atoms with Crippen molar-refractivity contribution in [3.05, 3.63) is 75.8 Å². The van der Waals surface area contributed by atoms with E-state index in [1.807, 2.05) is 17.0 Å². The summed E-state index contributed by atoms with van der Waals surface area (Å²) in [6, 6.07) is 15.8. The first-order valence-corrected chi connectivity index (χ1v) is 9.33. The molecular formula is C21H21Cl2NO. The maximum absolute atomic E-state index is 12.4. The van der Waals surface area contributed by atoms with Gasteiger partial charge in [0.2, 0.25) is 5.91 Å². The maximum atomic E-state index is 12.4. The van der Waals surface area contributed by atoms with Crippen LogP contribution in [0.1, 0.15) is 24.0 Å². The van der Waals surface area contributed by atoms with Gasteiger partial charge < -0.3 is 4.90 Å². The summed E-state index contributed by atoms with van der Waals surface area (Å²) in [5, 5.41) is 1.15. The van der Waals surface area contributed by atoms with Gasteiger partial charge in [0.25, 0.3) is 0 Å². The summed E-state index contributed by atoms with van der Waals surface area (Å²) in [7, 11) is 0.